The van der Waals surface area contributed by atoms with E-state index in [0.29, 0.717) is 19.1 Å². The number of hydrogen-bond donors (Lipinski definition) is 2. The quantitative estimate of drug-likeness (QED) is 0.750. The predicted molar refractivity (Wildman–Crippen MR) is 93.2 cm³/mol. The van der Waals surface area contributed by atoms with Gasteiger partial charge in [-0.1, -0.05) is 25.0 Å². The summed E-state index contributed by atoms with van der Waals surface area (Å²) in [7, 11) is 0. The Hall–Kier alpha value is -1.75. The zero-order valence-corrected chi connectivity index (χ0v) is 14.7. The number of hydrogen-bond acceptors (Lipinski definition) is 4. The molecule has 5 heteroatoms. The largest absolute Gasteiger partial charge is 0.492 e. The van der Waals surface area contributed by atoms with E-state index in [0.717, 1.165) is 31.4 Å². The fourth-order valence-corrected chi connectivity index (χ4v) is 3.03. The molecule has 1 saturated carbocycles. The van der Waals surface area contributed by atoms with Crippen molar-refractivity contribution in [2.24, 2.45) is 5.92 Å². The van der Waals surface area contributed by atoms with Gasteiger partial charge in [0, 0.05) is 0 Å². The van der Waals surface area contributed by atoms with E-state index in [1.807, 2.05) is 26.0 Å². The molecule has 2 rings (SSSR count). The van der Waals surface area contributed by atoms with E-state index in [1.165, 1.54) is 12.0 Å². The van der Waals surface area contributed by atoms with E-state index in [2.05, 4.69) is 17.4 Å². The van der Waals surface area contributed by atoms with Gasteiger partial charge in [0.15, 0.2) is 0 Å². The number of alkyl carbamates (subject to hydrolysis) is 1. The molecule has 0 bridgehead atoms. The Bertz CT molecular complexity index is 501. The first-order valence-corrected chi connectivity index (χ1v) is 8.89. The highest BCUT2D eigenvalue weighted by molar-refractivity contribution is 5.67. The number of nitrogens with one attached hydrogen (secondary N) is 1. The molecule has 0 aromatic heterocycles. The summed E-state index contributed by atoms with van der Waals surface area (Å²) in [6.45, 7) is 4.42. The van der Waals surface area contributed by atoms with E-state index in [1.54, 1.807) is 0 Å². The number of aliphatic hydroxyl groups excluding tert-OH is 1. The highest BCUT2D eigenvalue weighted by Gasteiger charge is 2.22. The molecule has 1 amide bonds. The molecule has 0 radical (unpaired) electrons. The highest BCUT2D eigenvalue weighted by atomic mass is 16.6. The molecule has 24 heavy (non-hydrogen) atoms. The lowest BCUT2D eigenvalue weighted by molar-refractivity contribution is 0.0700. The van der Waals surface area contributed by atoms with Gasteiger partial charge < -0.3 is 19.9 Å². The number of carbonyl (C=O) groups excluding carboxylic acids is 1. The normalized spacial score (nSPS) is 20.7. The van der Waals surface area contributed by atoms with Crippen molar-refractivity contribution in [1.29, 1.82) is 0 Å². The van der Waals surface area contributed by atoms with Crippen LogP contribution < -0.4 is 10.1 Å². The first-order chi connectivity index (χ1) is 11.5. The second-order valence-electron chi connectivity index (χ2n) is 6.69. The molecule has 2 atom stereocenters. The fourth-order valence-electron chi connectivity index (χ4n) is 3.03. The van der Waals surface area contributed by atoms with Crippen molar-refractivity contribution in [3.8, 4) is 5.75 Å². The Kier molecular flexibility index (Phi) is 7.37. The van der Waals surface area contributed by atoms with Crippen LogP contribution in [0.3, 0.4) is 0 Å². The highest BCUT2D eigenvalue weighted by Crippen LogP contribution is 2.27. The SMILES string of the molecule is CC(C)OC(=O)NCCOc1ccc(C[C@@H]2CCCC[C@@H]2O)cc1. The van der Waals surface area contributed by atoms with Gasteiger partial charge in [0.1, 0.15) is 12.4 Å². The maximum atomic E-state index is 11.3. The van der Waals surface area contributed by atoms with Gasteiger partial charge in [0.25, 0.3) is 0 Å². The van der Waals surface area contributed by atoms with Crippen LogP contribution in [-0.4, -0.2) is 36.6 Å². The summed E-state index contributed by atoms with van der Waals surface area (Å²) >= 11 is 0. The minimum atomic E-state index is -0.421. The Morgan fingerprint density at radius 1 is 1.25 bits per heavy atom. The molecule has 0 spiro atoms. The summed E-state index contributed by atoms with van der Waals surface area (Å²) in [5.74, 6) is 1.16. The minimum absolute atomic E-state index is 0.124. The number of carbonyl (C=O) groups is 1. The van der Waals surface area contributed by atoms with Crippen LogP contribution in [-0.2, 0) is 11.2 Å². The number of benzene rings is 1. The summed E-state index contributed by atoms with van der Waals surface area (Å²) in [5.41, 5.74) is 1.23. The van der Waals surface area contributed by atoms with Crippen molar-refractivity contribution in [1.82, 2.24) is 5.32 Å². The van der Waals surface area contributed by atoms with Crippen molar-refractivity contribution in [2.75, 3.05) is 13.2 Å². The summed E-state index contributed by atoms with van der Waals surface area (Å²) in [6.07, 6.45) is 4.61. The smallest absolute Gasteiger partial charge is 0.407 e. The van der Waals surface area contributed by atoms with Gasteiger partial charge in [0.05, 0.1) is 18.8 Å². The molecule has 1 aromatic carbocycles. The Balaban J connectivity index is 1.69. The van der Waals surface area contributed by atoms with E-state index in [-0.39, 0.29) is 12.2 Å². The standard InChI is InChI=1S/C19H29NO4/c1-14(2)24-19(22)20-11-12-23-17-9-7-15(8-10-17)13-16-5-3-4-6-18(16)21/h7-10,14,16,18,21H,3-6,11-13H2,1-2H3,(H,20,22)/t16-,18-/m0/s1. The topological polar surface area (TPSA) is 67.8 Å². The maximum absolute atomic E-state index is 11.3. The zero-order valence-electron chi connectivity index (χ0n) is 14.7. The van der Waals surface area contributed by atoms with Crippen molar-refractivity contribution < 1.29 is 19.4 Å². The summed E-state index contributed by atoms with van der Waals surface area (Å²) in [6, 6.07) is 7.99. The predicted octanol–water partition coefficient (Wildman–Crippen LogP) is 3.29. The lowest BCUT2D eigenvalue weighted by atomic mass is 9.82. The number of amides is 1. The average molecular weight is 335 g/mol. The van der Waals surface area contributed by atoms with Gasteiger partial charge in [-0.15, -0.1) is 0 Å². The molecule has 0 heterocycles. The molecule has 1 aliphatic carbocycles. The van der Waals surface area contributed by atoms with E-state index in [9.17, 15) is 9.90 Å². The average Bonchev–Trinajstić information content (AvgIpc) is 2.54. The molecule has 1 aromatic rings. The third-order valence-corrected chi connectivity index (χ3v) is 4.27. The molecule has 0 unspecified atom stereocenters. The molecule has 2 N–H and O–H groups in total. The van der Waals surface area contributed by atoms with Gasteiger partial charge in [-0.05, 0) is 56.7 Å². The number of aliphatic hydroxyl groups is 1. The van der Waals surface area contributed by atoms with Gasteiger partial charge in [-0.3, -0.25) is 0 Å². The monoisotopic (exact) mass is 335 g/mol. The first kappa shape index (κ1) is 18.6. The fraction of sp³-hybridized carbons (Fsp3) is 0.632. The second kappa shape index (κ2) is 9.52. The van der Waals surface area contributed by atoms with Crippen LogP contribution in [0.2, 0.25) is 0 Å². The van der Waals surface area contributed by atoms with Crippen molar-refractivity contribution in [3.05, 3.63) is 29.8 Å². The third-order valence-electron chi connectivity index (χ3n) is 4.27. The van der Waals surface area contributed by atoms with Crippen LogP contribution >= 0.6 is 0 Å². The summed E-state index contributed by atoms with van der Waals surface area (Å²) in [5, 5.41) is 12.7. The van der Waals surface area contributed by atoms with Gasteiger partial charge in [-0.2, -0.15) is 0 Å². The Morgan fingerprint density at radius 2 is 1.96 bits per heavy atom. The molecule has 0 saturated heterocycles. The van der Waals surface area contributed by atoms with Crippen LogP contribution in [0.1, 0.15) is 45.1 Å². The van der Waals surface area contributed by atoms with E-state index in [4.69, 9.17) is 9.47 Å². The lowest BCUT2D eigenvalue weighted by Crippen LogP contribution is -2.30. The number of ether oxygens (including phenoxy) is 2. The van der Waals surface area contributed by atoms with E-state index < -0.39 is 6.09 Å². The van der Waals surface area contributed by atoms with E-state index >= 15 is 0 Å². The zero-order chi connectivity index (χ0) is 17.4. The van der Waals surface area contributed by atoms with Gasteiger partial charge >= 0.3 is 6.09 Å². The molecule has 5 nitrogen and oxygen atoms in total. The Morgan fingerprint density at radius 3 is 2.62 bits per heavy atom. The number of rotatable bonds is 7. The van der Waals surface area contributed by atoms with Crippen LogP contribution in [0.15, 0.2) is 24.3 Å². The first-order valence-electron chi connectivity index (χ1n) is 8.89. The molecule has 0 aliphatic heterocycles. The third kappa shape index (κ3) is 6.40. The molecule has 1 aliphatic rings. The molecular weight excluding hydrogens is 306 g/mol. The van der Waals surface area contributed by atoms with Crippen LogP contribution in [0.4, 0.5) is 4.79 Å². The van der Waals surface area contributed by atoms with Gasteiger partial charge in [-0.25, -0.2) is 4.79 Å². The lowest BCUT2D eigenvalue weighted by Gasteiger charge is -2.27. The summed E-state index contributed by atoms with van der Waals surface area (Å²) in [4.78, 5) is 11.3. The Labute approximate surface area is 144 Å². The van der Waals surface area contributed by atoms with Gasteiger partial charge in [0.2, 0.25) is 0 Å². The second-order valence-corrected chi connectivity index (χ2v) is 6.69. The van der Waals surface area contributed by atoms with Crippen molar-refractivity contribution in [2.45, 2.75) is 58.2 Å². The molecule has 134 valence electrons. The maximum Gasteiger partial charge on any atom is 0.407 e. The van der Waals surface area contributed by atoms with Crippen LogP contribution in [0.5, 0.6) is 5.75 Å². The van der Waals surface area contributed by atoms with Crippen molar-refractivity contribution >= 4 is 6.09 Å². The molecule has 1 fully saturated rings. The van der Waals surface area contributed by atoms with Crippen LogP contribution in [0, 0.1) is 5.92 Å². The van der Waals surface area contributed by atoms with Crippen molar-refractivity contribution in [3.63, 3.8) is 0 Å². The minimum Gasteiger partial charge on any atom is -0.492 e. The molecular formula is C19H29NO4. The van der Waals surface area contributed by atoms with Crippen LogP contribution in [0.25, 0.3) is 0 Å². The summed E-state index contributed by atoms with van der Waals surface area (Å²) < 4.78 is 10.6.